The van der Waals surface area contributed by atoms with Crippen LogP contribution in [0.1, 0.15) is 50.3 Å². The predicted octanol–water partition coefficient (Wildman–Crippen LogP) is 3.90. The third kappa shape index (κ3) is 6.58. The summed E-state index contributed by atoms with van der Waals surface area (Å²) in [6.07, 6.45) is 7.37. The SMILES string of the molecule is CCOCCCNC(N)=NCC1(c2cccs2)CCCCC1.I. The lowest BCUT2D eigenvalue weighted by Gasteiger charge is -2.35. The molecule has 132 valence electrons. The second-order valence-corrected chi connectivity index (χ2v) is 6.94. The number of ether oxygens (including phenoxy) is 1. The second-order valence-electron chi connectivity index (χ2n) is 6.00. The van der Waals surface area contributed by atoms with Crippen molar-refractivity contribution in [3.8, 4) is 0 Å². The van der Waals surface area contributed by atoms with Crippen molar-refractivity contribution in [2.24, 2.45) is 10.7 Å². The zero-order valence-electron chi connectivity index (χ0n) is 14.1. The van der Waals surface area contributed by atoms with E-state index in [1.54, 1.807) is 0 Å². The van der Waals surface area contributed by atoms with Crippen LogP contribution in [0.2, 0.25) is 0 Å². The molecule has 0 unspecified atom stereocenters. The minimum absolute atomic E-state index is 0. The van der Waals surface area contributed by atoms with E-state index in [1.165, 1.54) is 37.0 Å². The van der Waals surface area contributed by atoms with E-state index < -0.39 is 0 Å². The maximum atomic E-state index is 6.02. The Balaban J connectivity index is 0.00000264. The van der Waals surface area contributed by atoms with Gasteiger partial charge in [0.1, 0.15) is 0 Å². The molecule has 0 atom stereocenters. The Hall–Kier alpha value is -0.340. The van der Waals surface area contributed by atoms with Gasteiger partial charge in [0.25, 0.3) is 0 Å². The van der Waals surface area contributed by atoms with Gasteiger partial charge >= 0.3 is 0 Å². The molecule has 23 heavy (non-hydrogen) atoms. The summed E-state index contributed by atoms with van der Waals surface area (Å²) in [5.41, 5.74) is 6.23. The van der Waals surface area contributed by atoms with E-state index in [9.17, 15) is 0 Å². The minimum Gasteiger partial charge on any atom is -0.382 e. The summed E-state index contributed by atoms with van der Waals surface area (Å²) in [4.78, 5) is 6.12. The van der Waals surface area contributed by atoms with Crippen LogP contribution >= 0.6 is 35.3 Å². The lowest BCUT2D eigenvalue weighted by molar-refractivity contribution is 0.145. The molecule has 1 aromatic heterocycles. The van der Waals surface area contributed by atoms with Crippen molar-refractivity contribution in [2.75, 3.05) is 26.3 Å². The van der Waals surface area contributed by atoms with Gasteiger partial charge in [0.2, 0.25) is 0 Å². The van der Waals surface area contributed by atoms with Gasteiger partial charge in [0.05, 0.1) is 6.54 Å². The largest absolute Gasteiger partial charge is 0.382 e. The van der Waals surface area contributed by atoms with Crippen molar-refractivity contribution in [3.05, 3.63) is 22.4 Å². The van der Waals surface area contributed by atoms with Crippen LogP contribution in [0.4, 0.5) is 0 Å². The molecule has 0 radical (unpaired) electrons. The number of hydrogen-bond acceptors (Lipinski definition) is 3. The number of halogens is 1. The monoisotopic (exact) mass is 451 g/mol. The molecule has 0 amide bonds. The third-order valence-corrected chi connectivity index (χ3v) is 5.50. The molecular formula is C17H30IN3OS. The van der Waals surface area contributed by atoms with Gasteiger partial charge in [-0.05, 0) is 37.6 Å². The molecule has 1 aromatic rings. The van der Waals surface area contributed by atoms with Crippen molar-refractivity contribution in [1.82, 2.24) is 5.32 Å². The molecule has 0 aromatic carbocycles. The number of rotatable bonds is 8. The summed E-state index contributed by atoms with van der Waals surface area (Å²) in [7, 11) is 0. The van der Waals surface area contributed by atoms with Gasteiger partial charge < -0.3 is 15.8 Å². The van der Waals surface area contributed by atoms with Crippen LogP contribution in [-0.4, -0.2) is 32.3 Å². The van der Waals surface area contributed by atoms with E-state index >= 15 is 0 Å². The summed E-state index contributed by atoms with van der Waals surface area (Å²) in [5.74, 6) is 0.568. The second kappa shape index (κ2) is 11.3. The molecule has 1 aliphatic carbocycles. The van der Waals surface area contributed by atoms with Crippen LogP contribution in [0.15, 0.2) is 22.5 Å². The van der Waals surface area contributed by atoms with Crippen LogP contribution in [0.5, 0.6) is 0 Å². The van der Waals surface area contributed by atoms with E-state index in [1.807, 2.05) is 18.3 Å². The maximum Gasteiger partial charge on any atom is 0.188 e. The Bertz CT molecular complexity index is 445. The van der Waals surface area contributed by atoms with E-state index in [2.05, 4.69) is 27.8 Å². The first-order valence-electron chi connectivity index (χ1n) is 8.42. The predicted molar refractivity (Wildman–Crippen MR) is 110 cm³/mol. The average molecular weight is 451 g/mol. The number of nitrogens with one attached hydrogen (secondary N) is 1. The molecule has 0 saturated heterocycles. The van der Waals surface area contributed by atoms with Crippen LogP contribution in [0, 0.1) is 0 Å². The number of guanidine groups is 1. The van der Waals surface area contributed by atoms with E-state index in [-0.39, 0.29) is 29.4 Å². The summed E-state index contributed by atoms with van der Waals surface area (Å²) < 4.78 is 5.32. The molecule has 1 heterocycles. The highest BCUT2D eigenvalue weighted by atomic mass is 127. The molecule has 2 rings (SSSR count). The van der Waals surface area contributed by atoms with Gasteiger partial charge in [-0.15, -0.1) is 35.3 Å². The number of aliphatic imine (C=N–C) groups is 1. The van der Waals surface area contributed by atoms with Crippen molar-refractivity contribution in [3.63, 3.8) is 0 Å². The Labute approximate surface area is 161 Å². The van der Waals surface area contributed by atoms with Crippen molar-refractivity contribution in [1.29, 1.82) is 0 Å². The van der Waals surface area contributed by atoms with Crippen molar-refractivity contribution in [2.45, 2.75) is 50.9 Å². The van der Waals surface area contributed by atoms with Crippen LogP contribution < -0.4 is 11.1 Å². The van der Waals surface area contributed by atoms with E-state index in [0.29, 0.717) is 5.96 Å². The Morgan fingerprint density at radius 1 is 1.39 bits per heavy atom. The molecule has 3 N–H and O–H groups in total. The lowest BCUT2D eigenvalue weighted by atomic mass is 9.73. The zero-order chi connectivity index (χ0) is 15.7. The van der Waals surface area contributed by atoms with Gasteiger partial charge in [0, 0.05) is 30.1 Å². The van der Waals surface area contributed by atoms with Crippen LogP contribution in [0.25, 0.3) is 0 Å². The smallest absolute Gasteiger partial charge is 0.188 e. The number of nitrogens with zero attached hydrogens (tertiary/aromatic N) is 1. The molecule has 1 aliphatic rings. The molecule has 0 spiro atoms. The Morgan fingerprint density at radius 3 is 2.83 bits per heavy atom. The Kier molecular flexibility index (Phi) is 10.1. The fourth-order valence-electron chi connectivity index (χ4n) is 3.12. The van der Waals surface area contributed by atoms with Gasteiger partial charge in [-0.1, -0.05) is 25.3 Å². The summed E-state index contributed by atoms with van der Waals surface area (Å²) in [5, 5.41) is 5.37. The van der Waals surface area contributed by atoms with Crippen molar-refractivity contribution < 1.29 is 4.74 Å². The van der Waals surface area contributed by atoms with Gasteiger partial charge in [-0.3, -0.25) is 4.99 Å². The first kappa shape index (κ1) is 20.7. The first-order valence-corrected chi connectivity index (χ1v) is 9.30. The van der Waals surface area contributed by atoms with E-state index in [0.717, 1.165) is 32.7 Å². The molecule has 0 aliphatic heterocycles. The number of thiophene rings is 1. The molecular weight excluding hydrogens is 421 g/mol. The van der Waals surface area contributed by atoms with Gasteiger partial charge in [-0.2, -0.15) is 0 Å². The lowest BCUT2D eigenvalue weighted by Crippen LogP contribution is -2.37. The quantitative estimate of drug-likeness (QED) is 0.273. The molecule has 6 heteroatoms. The van der Waals surface area contributed by atoms with Crippen molar-refractivity contribution >= 4 is 41.3 Å². The van der Waals surface area contributed by atoms with Crippen LogP contribution in [-0.2, 0) is 10.2 Å². The first-order chi connectivity index (χ1) is 10.8. The molecule has 4 nitrogen and oxygen atoms in total. The summed E-state index contributed by atoms with van der Waals surface area (Å²) >= 11 is 1.86. The normalized spacial score (nSPS) is 17.5. The standard InChI is InChI=1S/C17H29N3OS.HI/c1-2-21-12-7-11-19-16(18)20-14-17(9-4-3-5-10-17)15-8-6-13-22-15;/h6,8,13H,2-5,7,9-12,14H2,1H3,(H3,18,19,20);1H. The van der Waals surface area contributed by atoms with Gasteiger partial charge in [-0.25, -0.2) is 0 Å². The fourth-order valence-corrected chi connectivity index (χ4v) is 4.10. The maximum absolute atomic E-state index is 6.02. The third-order valence-electron chi connectivity index (χ3n) is 4.38. The zero-order valence-corrected chi connectivity index (χ0v) is 17.2. The van der Waals surface area contributed by atoms with Gasteiger partial charge in [0.15, 0.2) is 5.96 Å². The average Bonchev–Trinajstić information content (AvgIpc) is 3.09. The van der Waals surface area contributed by atoms with E-state index in [4.69, 9.17) is 10.5 Å². The highest BCUT2D eigenvalue weighted by Crippen LogP contribution is 2.41. The minimum atomic E-state index is 0. The highest BCUT2D eigenvalue weighted by molar-refractivity contribution is 14.0. The Morgan fingerprint density at radius 2 is 2.17 bits per heavy atom. The molecule has 1 saturated carbocycles. The summed E-state index contributed by atoms with van der Waals surface area (Å²) in [6.45, 7) is 5.18. The topological polar surface area (TPSA) is 59.6 Å². The highest BCUT2D eigenvalue weighted by Gasteiger charge is 2.34. The molecule has 1 fully saturated rings. The fraction of sp³-hybridized carbons (Fsp3) is 0.706. The molecule has 0 bridgehead atoms. The number of nitrogens with two attached hydrogens (primary N) is 1. The van der Waals surface area contributed by atoms with Crippen LogP contribution in [0.3, 0.4) is 0 Å². The summed E-state index contributed by atoms with van der Waals surface area (Å²) in [6, 6.07) is 4.41. The number of hydrogen-bond donors (Lipinski definition) is 2.